The largest absolute Gasteiger partial charge is 0.338 e. The Kier molecular flexibility index (Phi) is 19.8. The summed E-state index contributed by atoms with van der Waals surface area (Å²) in [5.41, 5.74) is 43.6. The van der Waals surface area contributed by atoms with Crippen LogP contribution in [0.25, 0.3) is 94.2 Å². The summed E-state index contributed by atoms with van der Waals surface area (Å²) in [5.74, 6) is 2.03. The van der Waals surface area contributed by atoms with E-state index in [1.54, 1.807) is 27.6 Å². The topological polar surface area (TPSA) is 9.72 Å². The number of para-hydroxylation sites is 2. The number of nitrogens with zero attached hydrogens (tertiary/aromatic N) is 3. The second kappa shape index (κ2) is 31.5. The van der Waals surface area contributed by atoms with E-state index in [9.17, 15) is 0 Å². The van der Waals surface area contributed by atoms with Crippen molar-refractivity contribution in [1.29, 1.82) is 0 Å². The van der Waals surface area contributed by atoms with Crippen molar-refractivity contribution in [2.24, 2.45) is 39.9 Å². The summed E-state index contributed by atoms with van der Waals surface area (Å²) < 4.78 is 0. The lowest BCUT2D eigenvalue weighted by molar-refractivity contribution is 0.197. The van der Waals surface area contributed by atoms with E-state index in [4.69, 9.17) is 0 Å². The van der Waals surface area contributed by atoms with Crippen molar-refractivity contribution in [1.82, 2.24) is 0 Å². The van der Waals surface area contributed by atoms with Crippen molar-refractivity contribution in [2.45, 2.75) is 163 Å². The first-order valence-electron chi connectivity index (χ1n) is 48.4. The third-order valence-electron chi connectivity index (χ3n) is 31.7. The SMILES string of the molecule is CC(C)(C)C1=CC2=C(c3ccc4c(c3)B3c5cc(-c6cc7c8c9c(cc(C(C)(C)C)cc69)CCC8CC(C(C)(C)C)C7)ccc5N(c5c(-c6ccccc6)cccc5-c5ccccc5)C5CC(N(c6ccc(-c7ccccc7)cc6)c6ccc(-c7ccccc7)cc6)CC(C35)N4c3c(-c4ccccc4)cccc3-c3ccccc3)C=C3C=C(C(C)(C)C)CC4C=CC(=C1)C2C34. The number of allylic oxidation sites excluding steroid dienone is 12. The maximum absolute atomic E-state index is 3.01. The van der Waals surface area contributed by atoms with Gasteiger partial charge in [-0.25, -0.2) is 0 Å². The van der Waals surface area contributed by atoms with Gasteiger partial charge in [0, 0.05) is 75.0 Å². The van der Waals surface area contributed by atoms with E-state index >= 15 is 0 Å². The van der Waals surface area contributed by atoms with Crippen molar-refractivity contribution in [3.8, 4) is 77.9 Å². The average molecular weight is 1690 g/mol. The fraction of sp³-hybridized carbons (Fsp3) is 0.254. The van der Waals surface area contributed by atoms with Crippen LogP contribution >= 0.6 is 0 Å². The third-order valence-corrected chi connectivity index (χ3v) is 31.7. The van der Waals surface area contributed by atoms with Crippen LogP contribution in [0.1, 0.15) is 149 Å². The maximum Gasteiger partial charge on any atom is 0.222 e. The lowest BCUT2D eigenvalue weighted by Crippen LogP contribution is -2.70. The summed E-state index contributed by atoms with van der Waals surface area (Å²) in [7, 11) is 0. The zero-order chi connectivity index (χ0) is 88.4. The first-order chi connectivity index (χ1) is 63.0. The molecule has 3 nitrogen and oxygen atoms in total. The van der Waals surface area contributed by atoms with Gasteiger partial charge in [-0.2, -0.15) is 0 Å². The zero-order valence-corrected chi connectivity index (χ0v) is 77.6. The lowest BCUT2D eigenvalue weighted by Gasteiger charge is -2.60. The van der Waals surface area contributed by atoms with Gasteiger partial charge in [0.25, 0.3) is 0 Å². The van der Waals surface area contributed by atoms with Crippen molar-refractivity contribution in [2.75, 3.05) is 14.7 Å². The van der Waals surface area contributed by atoms with Crippen LogP contribution in [0, 0.1) is 39.9 Å². The van der Waals surface area contributed by atoms with E-state index in [0.29, 0.717) is 23.7 Å². The molecule has 1 saturated carbocycles. The molecule has 0 N–H and O–H groups in total. The van der Waals surface area contributed by atoms with Crippen molar-refractivity contribution < 1.29 is 0 Å². The normalized spacial score (nSPS) is 21.2. The molecule has 4 heteroatoms. The first-order valence-corrected chi connectivity index (χ1v) is 48.4. The van der Waals surface area contributed by atoms with Gasteiger partial charge >= 0.3 is 0 Å². The van der Waals surface area contributed by atoms with Crippen LogP contribution in [-0.4, -0.2) is 24.8 Å². The highest BCUT2D eigenvalue weighted by atomic mass is 15.3. The van der Waals surface area contributed by atoms with Crippen LogP contribution in [0.4, 0.5) is 34.1 Å². The minimum Gasteiger partial charge on any atom is -0.338 e. The summed E-state index contributed by atoms with van der Waals surface area (Å²) in [5, 5.41) is 2.97. The number of hydrogen-bond acceptors (Lipinski definition) is 3. The van der Waals surface area contributed by atoms with Gasteiger partial charge in [-0.1, -0.05) is 404 Å². The molecular formula is C126H118BN3. The summed E-state index contributed by atoms with van der Waals surface area (Å²) in [6, 6.07) is 125. The van der Waals surface area contributed by atoms with Crippen LogP contribution in [0.5, 0.6) is 0 Å². The van der Waals surface area contributed by atoms with Gasteiger partial charge in [0.05, 0.1) is 11.4 Å². The Hall–Kier alpha value is -12.8. The van der Waals surface area contributed by atoms with E-state index in [1.807, 2.05) is 0 Å². The Morgan fingerprint density at radius 3 is 1.32 bits per heavy atom. The van der Waals surface area contributed by atoms with E-state index in [1.165, 1.54) is 180 Å². The molecule has 7 aliphatic carbocycles. The molecule has 23 rings (SSSR count). The Morgan fingerprint density at radius 1 is 0.377 bits per heavy atom. The Balaban J connectivity index is 0.864. The third kappa shape index (κ3) is 14.0. The molecule has 1 fully saturated rings. The van der Waals surface area contributed by atoms with Gasteiger partial charge in [0.1, 0.15) is 0 Å². The molecule has 9 atom stereocenters. The van der Waals surface area contributed by atoms with Crippen LogP contribution in [-0.2, 0) is 18.3 Å². The molecule has 0 bridgehead atoms. The highest BCUT2D eigenvalue weighted by molar-refractivity contribution is 6.90. The fourth-order valence-corrected chi connectivity index (χ4v) is 25.1. The minimum absolute atomic E-state index is 0.0126. The van der Waals surface area contributed by atoms with E-state index in [-0.39, 0.29) is 58.2 Å². The molecule has 0 spiro atoms. The van der Waals surface area contributed by atoms with Crippen LogP contribution in [0.2, 0.25) is 5.82 Å². The number of benzene rings is 14. The monoisotopic (exact) mass is 1680 g/mol. The molecule has 0 saturated heterocycles. The molecule has 2 aliphatic heterocycles. The molecule has 130 heavy (non-hydrogen) atoms. The van der Waals surface area contributed by atoms with Gasteiger partial charge in [-0.3, -0.25) is 0 Å². The smallest absolute Gasteiger partial charge is 0.222 e. The molecule has 14 aromatic carbocycles. The molecule has 0 aromatic heterocycles. The van der Waals surface area contributed by atoms with Crippen molar-refractivity contribution >= 4 is 68.1 Å². The number of aryl methyl sites for hydroxylation is 1. The number of hydrogen-bond donors (Lipinski definition) is 0. The molecule has 2 heterocycles. The predicted molar refractivity (Wildman–Crippen MR) is 553 cm³/mol. The van der Waals surface area contributed by atoms with E-state index < -0.39 is 0 Å². The molecule has 9 unspecified atom stereocenters. The Morgan fingerprint density at radius 2 is 0.846 bits per heavy atom. The van der Waals surface area contributed by atoms with Crippen LogP contribution in [0.3, 0.4) is 0 Å². The molecule has 9 aliphatic rings. The molecule has 0 radical (unpaired) electrons. The standard InChI is InChI=1S/C126H118BN3/c1-123(2,3)95-65-89-49-51-91-67-97(125(7,8)9)75-108-106(71-93(69-95)116(89)118(91)108)87-57-63-112-110(73-87)127-111-74-88(107-72-94-70-96(124(4,5)6)66-90-50-52-92-68-98(126(10,11)12)76-109(107)119(92)117(90)94)58-64-113(111)130(122-104(85-41-27-17-28-42-85)47-32-48-105(122)86-43-29-18-30-44-86)115-78-101(77-114(120(115)127)129(112)121-102(83-37-23-15-24-38-83)45-31-46-103(121)84-39-25-16-26-40-84)128(99-59-53-81(54-60-99)79-33-19-13-20-34-79)100-61-55-82(56-62-100)80-35-21-14-22-36-80/h13-49,51,53-64,67-69,71-76,89-90,96,101,114-116,118,120H,50,52,65-66,70,77-78H2,1-12H3. The fourth-order valence-electron chi connectivity index (χ4n) is 25.1. The minimum atomic E-state index is -0.139. The van der Waals surface area contributed by atoms with Crippen molar-refractivity contribution in [3.05, 3.63) is 414 Å². The second-order valence-electron chi connectivity index (χ2n) is 43.4. The highest BCUT2D eigenvalue weighted by Crippen LogP contribution is 2.62. The van der Waals surface area contributed by atoms with Gasteiger partial charge < -0.3 is 14.7 Å². The quantitative estimate of drug-likeness (QED) is 0.107. The molecule has 0 amide bonds. The van der Waals surface area contributed by atoms with E-state index in [0.717, 1.165) is 32.1 Å². The summed E-state index contributed by atoms with van der Waals surface area (Å²) in [6.07, 6.45) is 23.2. The van der Waals surface area contributed by atoms with Gasteiger partial charge in [-0.05, 0) is 266 Å². The summed E-state index contributed by atoms with van der Waals surface area (Å²) in [6.45, 7) is 29.3. The Bertz CT molecular complexity index is 6800. The zero-order valence-electron chi connectivity index (χ0n) is 77.6. The number of fused-ring (bicyclic) bond motifs is 4. The maximum atomic E-state index is 3.01. The average Bonchev–Trinajstić information content (AvgIpc) is 0.683. The Labute approximate surface area is 772 Å². The lowest BCUT2D eigenvalue weighted by atomic mass is 9.26. The van der Waals surface area contributed by atoms with Gasteiger partial charge in [0.15, 0.2) is 0 Å². The van der Waals surface area contributed by atoms with Crippen LogP contribution < -0.4 is 25.6 Å². The van der Waals surface area contributed by atoms with Crippen molar-refractivity contribution in [3.63, 3.8) is 0 Å². The predicted octanol–water partition coefficient (Wildman–Crippen LogP) is 31.9. The highest BCUT2D eigenvalue weighted by Gasteiger charge is 2.59. The molecule has 640 valence electrons. The summed E-state index contributed by atoms with van der Waals surface area (Å²) in [4.78, 5) is 8.81. The number of rotatable bonds is 13. The van der Waals surface area contributed by atoms with Gasteiger partial charge in [-0.15, -0.1) is 0 Å². The molecular weight excluding hydrogens is 1570 g/mol. The number of anilines is 6. The van der Waals surface area contributed by atoms with E-state index in [2.05, 4.69) is 456 Å². The summed E-state index contributed by atoms with van der Waals surface area (Å²) >= 11 is 0. The first kappa shape index (κ1) is 81.7. The van der Waals surface area contributed by atoms with Gasteiger partial charge in [0.2, 0.25) is 6.71 Å². The van der Waals surface area contributed by atoms with Crippen LogP contribution in [0.15, 0.2) is 386 Å². The molecule has 14 aromatic rings. The second-order valence-corrected chi connectivity index (χ2v) is 43.4.